The summed E-state index contributed by atoms with van der Waals surface area (Å²) in [4.78, 5) is 8.53. The standard InChI is InChI=1S/C22H28ClN3O4/c1-3-19-20(23)21(25-14-24-19)26-15-8-10-22(11-9-15)29-13-18(30-22)12-28-17-6-4-16(27-2)5-7-17/h4-7,14-15,18H,3,8-13H2,1-2H3,(H,24,25,26). The second-order valence-electron chi connectivity index (χ2n) is 7.70. The molecule has 8 heteroatoms. The van der Waals surface area contributed by atoms with Crippen molar-refractivity contribution < 1.29 is 18.9 Å². The number of ether oxygens (including phenoxy) is 4. The fourth-order valence-corrected chi connectivity index (χ4v) is 4.26. The third-order valence-electron chi connectivity index (χ3n) is 5.69. The molecule has 7 nitrogen and oxygen atoms in total. The average molecular weight is 434 g/mol. The van der Waals surface area contributed by atoms with Gasteiger partial charge in [-0.3, -0.25) is 0 Å². The van der Waals surface area contributed by atoms with Crippen molar-refractivity contribution >= 4 is 17.4 Å². The van der Waals surface area contributed by atoms with Crippen LogP contribution in [0.15, 0.2) is 30.6 Å². The topological polar surface area (TPSA) is 74.7 Å². The van der Waals surface area contributed by atoms with Gasteiger partial charge in [-0.05, 0) is 43.5 Å². The summed E-state index contributed by atoms with van der Waals surface area (Å²) in [6, 6.07) is 7.83. The van der Waals surface area contributed by atoms with E-state index in [0.717, 1.165) is 49.3 Å². The first kappa shape index (κ1) is 21.2. The summed E-state index contributed by atoms with van der Waals surface area (Å²) >= 11 is 6.41. The van der Waals surface area contributed by atoms with E-state index >= 15 is 0 Å². The van der Waals surface area contributed by atoms with Crippen molar-refractivity contribution in [3.05, 3.63) is 41.3 Å². The number of aromatic nitrogens is 2. The van der Waals surface area contributed by atoms with E-state index in [-0.39, 0.29) is 12.1 Å². The molecule has 1 saturated heterocycles. The molecule has 2 fully saturated rings. The molecule has 2 aromatic rings. The van der Waals surface area contributed by atoms with Gasteiger partial charge in [-0.15, -0.1) is 0 Å². The molecule has 162 valence electrons. The van der Waals surface area contributed by atoms with E-state index in [0.29, 0.717) is 24.1 Å². The maximum Gasteiger partial charge on any atom is 0.169 e. The van der Waals surface area contributed by atoms with Gasteiger partial charge in [-0.25, -0.2) is 9.97 Å². The summed E-state index contributed by atoms with van der Waals surface area (Å²) in [6.07, 6.45) is 5.78. The molecule has 2 heterocycles. The Morgan fingerprint density at radius 3 is 2.60 bits per heavy atom. The molecule has 1 aromatic heterocycles. The lowest BCUT2D eigenvalue weighted by Crippen LogP contribution is -2.40. The molecule has 1 aromatic carbocycles. The van der Waals surface area contributed by atoms with Gasteiger partial charge in [0.15, 0.2) is 5.79 Å². The van der Waals surface area contributed by atoms with Crippen molar-refractivity contribution in [3.8, 4) is 11.5 Å². The molecular formula is C22H28ClN3O4. The maximum absolute atomic E-state index is 6.41. The Balaban J connectivity index is 1.25. The lowest BCUT2D eigenvalue weighted by atomic mass is 9.90. The fraction of sp³-hybridized carbons (Fsp3) is 0.545. The highest BCUT2D eigenvalue weighted by Crippen LogP contribution is 2.39. The van der Waals surface area contributed by atoms with Gasteiger partial charge in [-0.2, -0.15) is 0 Å². The largest absolute Gasteiger partial charge is 0.497 e. The van der Waals surface area contributed by atoms with Crippen molar-refractivity contribution in [1.82, 2.24) is 9.97 Å². The Morgan fingerprint density at radius 2 is 1.90 bits per heavy atom. The van der Waals surface area contributed by atoms with Crippen LogP contribution in [0.1, 0.15) is 38.3 Å². The van der Waals surface area contributed by atoms with Gasteiger partial charge in [0.25, 0.3) is 0 Å². The highest BCUT2D eigenvalue weighted by atomic mass is 35.5. The van der Waals surface area contributed by atoms with E-state index in [1.54, 1.807) is 13.4 Å². The van der Waals surface area contributed by atoms with Crippen LogP contribution >= 0.6 is 11.6 Å². The minimum absolute atomic E-state index is 0.0694. The van der Waals surface area contributed by atoms with E-state index in [1.807, 2.05) is 31.2 Å². The SMILES string of the molecule is CCc1ncnc(NC2CCC3(CC2)OCC(COc2ccc(OC)cc2)O3)c1Cl. The van der Waals surface area contributed by atoms with Gasteiger partial charge in [0.2, 0.25) is 0 Å². The number of halogens is 1. The number of nitrogens with one attached hydrogen (secondary N) is 1. The van der Waals surface area contributed by atoms with Crippen molar-refractivity contribution in [2.45, 2.75) is 57.0 Å². The Morgan fingerprint density at radius 1 is 1.17 bits per heavy atom. The Labute approximate surface area is 182 Å². The number of anilines is 1. The van der Waals surface area contributed by atoms with E-state index in [4.69, 9.17) is 30.5 Å². The van der Waals surface area contributed by atoms with E-state index in [1.165, 1.54) is 0 Å². The molecule has 2 aliphatic rings. The van der Waals surface area contributed by atoms with Gasteiger partial charge in [0.05, 0.1) is 19.4 Å². The average Bonchev–Trinajstić information content (AvgIpc) is 3.18. The predicted octanol–water partition coefficient (Wildman–Crippen LogP) is 4.25. The van der Waals surface area contributed by atoms with Gasteiger partial charge >= 0.3 is 0 Å². The Kier molecular flexibility index (Phi) is 6.61. The van der Waals surface area contributed by atoms with Crippen LogP contribution in [0.4, 0.5) is 5.82 Å². The zero-order valence-corrected chi connectivity index (χ0v) is 18.2. The fourth-order valence-electron chi connectivity index (χ4n) is 3.97. The summed E-state index contributed by atoms with van der Waals surface area (Å²) in [5.74, 6) is 1.81. The Hall–Kier alpha value is -2.09. The van der Waals surface area contributed by atoms with Gasteiger partial charge in [-0.1, -0.05) is 18.5 Å². The van der Waals surface area contributed by atoms with Crippen LogP contribution in [0, 0.1) is 0 Å². The zero-order valence-electron chi connectivity index (χ0n) is 17.4. The second kappa shape index (κ2) is 9.37. The molecule has 1 aliphatic carbocycles. The maximum atomic E-state index is 6.41. The van der Waals surface area contributed by atoms with Crippen LogP contribution in [-0.4, -0.2) is 48.2 Å². The lowest BCUT2D eigenvalue weighted by Gasteiger charge is -2.36. The van der Waals surface area contributed by atoms with Gasteiger partial charge < -0.3 is 24.3 Å². The minimum Gasteiger partial charge on any atom is -0.497 e. The molecule has 1 N–H and O–H groups in total. The van der Waals surface area contributed by atoms with Crippen molar-refractivity contribution in [2.75, 3.05) is 25.6 Å². The number of nitrogens with zero attached hydrogens (tertiary/aromatic N) is 2. The van der Waals surface area contributed by atoms with Gasteiger partial charge in [0, 0.05) is 18.9 Å². The second-order valence-corrected chi connectivity index (χ2v) is 8.08. The molecule has 1 aliphatic heterocycles. The first-order valence-electron chi connectivity index (χ1n) is 10.5. The molecule has 1 saturated carbocycles. The summed E-state index contributed by atoms with van der Waals surface area (Å²) in [5, 5.41) is 4.08. The quantitative estimate of drug-likeness (QED) is 0.699. The van der Waals surface area contributed by atoms with E-state index in [2.05, 4.69) is 15.3 Å². The van der Waals surface area contributed by atoms with Crippen molar-refractivity contribution in [2.24, 2.45) is 0 Å². The summed E-state index contributed by atoms with van der Waals surface area (Å²) in [7, 11) is 1.65. The zero-order chi connectivity index (χ0) is 21.0. The molecule has 1 spiro atoms. The summed E-state index contributed by atoms with van der Waals surface area (Å²) in [5.41, 5.74) is 0.864. The van der Waals surface area contributed by atoms with Crippen molar-refractivity contribution in [3.63, 3.8) is 0 Å². The molecule has 1 unspecified atom stereocenters. The molecule has 4 rings (SSSR count). The molecule has 30 heavy (non-hydrogen) atoms. The van der Waals surface area contributed by atoms with Crippen molar-refractivity contribution in [1.29, 1.82) is 0 Å². The number of hydrogen-bond acceptors (Lipinski definition) is 7. The molecule has 1 atom stereocenters. The minimum atomic E-state index is -0.504. The van der Waals surface area contributed by atoms with Crippen LogP contribution in [0.3, 0.4) is 0 Å². The monoisotopic (exact) mass is 433 g/mol. The number of methoxy groups -OCH3 is 1. The lowest BCUT2D eigenvalue weighted by molar-refractivity contribution is -0.190. The molecule has 0 bridgehead atoms. The normalized spacial score (nSPS) is 26.0. The third kappa shape index (κ3) is 4.79. The van der Waals surface area contributed by atoms with E-state index < -0.39 is 5.79 Å². The number of hydrogen-bond donors (Lipinski definition) is 1. The van der Waals surface area contributed by atoms with Crippen LogP contribution < -0.4 is 14.8 Å². The number of rotatable bonds is 7. The number of benzene rings is 1. The predicted molar refractivity (Wildman–Crippen MR) is 114 cm³/mol. The van der Waals surface area contributed by atoms with Crippen LogP contribution in [0.5, 0.6) is 11.5 Å². The number of aryl methyl sites for hydroxylation is 1. The summed E-state index contributed by atoms with van der Waals surface area (Å²) < 4.78 is 23.4. The smallest absolute Gasteiger partial charge is 0.169 e. The molecule has 0 amide bonds. The first-order valence-corrected chi connectivity index (χ1v) is 10.8. The van der Waals surface area contributed by atoms with Crippen LogP contribution in [0.25, 0.3) is 0 Å². The first-order chi connectivity index (χ1) is 14.6. The van der Waals surface area contributed by atoms with Crippen LogP contribution in [-0.2, 0) is 15.9 Å². The van der Waals surface area contributed by atoms with Crippen LogP contribution in [0.2, 0.25) is 5.02 Å². The van der Waals surface area contributed by atoms with E-state index in [9.17, 15) is 0 Å². The van der Waals surface area contributed by atoms with Gasteiger partial charge in [0.1, 0.15) is 41.4 Å². The highest BCUT2D eigenvalue weighted by molar-refractivity contribution is 6.33. The Bertz CT molecular complexity index is 841. The highest BCUT2D eigenvalue weighted by Gasteiger charge is 2.44. The molecular weight excluding hydrogens is 406 g/mol. The summed E-state index contributed by atoms with van der Waals surface area (Å²) in [6.45, 7) is 3.05. The third-order valence-corrected chi connectivity index (χ3v) is 6.09. The molecule has 0 radical (unpaired) electrons.